The van der Waals surface area contributed by atoms with Crippen LogP contribution in [0.25, 0.3) is 0 Å². The number of aliphatic carboxylic acids is 1. The number of unbranched alkanes of at least 4 members (excludes halogenated alkanes) is 7. The van der Waals surface area contributed by atoms with E-state index in [4.69, 9.17) is 24.8 Å². The Balaban J connectivity index is 4.75. The summed E-state index contributed by atoms with van der Waals surface area (Å²) in [4.78, 5) is 45.9. The van der Waals surface area contributed by atoms with Gasteiger partial charge in [0.15, 0.2) is 6.10 Å². The monoisotopic (exact) mass is 863 g/mol. The fraction of sp³-hybridized carbons (Fsp3) is 0.587. The molecule has 5 atom stereocenters. The molecule has 340 valence electrons. The maximum absolute atomic E-state index is 12.6. The first-order chi connectivity index (χ1) is 28.9. The molecule has 0 amide bonds. The van der Waals surface area contributed by atoms with Crippen LogP contribution in [-0.4, -0.2) is 82.3 Å². The van der Waals surface area contributed by atoms with Crippen LogP contribution in [0.5, 0.6) is 0 Å². The van der Waals surface area contributed by atoms with Gasteiger partial charge in [-0.1, -0.05) is 137 Å². The summed E-state index contributed by atoms with van der Waals surface area (Å²) in [7, 11) is -4.80. The lowest BCUT2D eigenvalue weighted by molar-refractivity contribution is -0.161. The van der Waals surface area contributed by atoms with E-state index in [-0.39, 0.29) is 25.7 Å². The minimum Gasteiger partial charge on any atom is -0.480 e. The van der Waals surface area contributed by atoms with Gasteiger partial charge in [0.2, 0.25) is 0 Å². The molecule has 6 N–H and O–H groups in total. The number of rotatable bonds is 38. The van der Waals surface area contributed by atoms with Gasteiger partial charge >= 0.3 is 25.7 Å². The second kappa shape index (κ2) is 39.5. The van der Waals surface area contributed by atoms with Crippen molar-refractivity contribution in [3.8, 4) is 0 Å². The quantitative estimate of drug-likeness (QED) is 0.0129. The molecule has 0 aliphatic carbocycles. The number of aliphatic hydroxyl groups is 2. The molecule has 0 spiro atoms. The Bertz CT molecular complexity index is 1420. The third-order valence-electron chi connectivity index (χ3n) is 8.49. The zero-order valence-corrected chi connectivity index (χ0v) is 36.9. The maximum atomic E-state index is 12.6. The zero-order chi connectivity index (χ0) is 44.5. The van der Waals surface area contributed by atoms with E-state index in [9.17, 15) is 34.1 Å². The van der Waals surface area contributed by atoms with Crippen molar-refractivity contribution >= 4 is 25.7 Å². The van der Waals surface area contributed by atoms with Crippen LogP contribution in [0.3, 0.4) is 0 Å². The summed E-state index contributed by atoms with van der Waals surface area (Å²) in [6.45, 7) is 2.38. The summed E-state index contributed by atoms with van der Waals surface area (Å²) >= 11 is 0. The number of carbonyl (C=O) groups is 3. The van der Waals surface area contributed by atoms with Gasteiger partial charge in [0.25, 0.3) is 0 Å². The Kier molecular flexibility index (Phi) is 37.0. The largest absolute Gasteiger partial charge is 0.480 e. The highest BCUT2D eigenvalue weighted by atomic mass is 31.2. The van der Waals surface area contributed by atoms with Crippen LogP contribution in [0.2, 0.25) is 0 Å². The number of carbonyl (C=O) groups excluding carboxylic acids is 2. The molecule has 0 aliphatic rings. The Hall–Kier alpha value is -3.68. The van der Waals surface area contributed by atoms with Crippen molar-refractivity contribution in [3.05, 3.63) is 97.2 Å². The summed E-state index contributed by atoms with van der Waals surface area (Å²) in [5, 5.41) is 29.2. The van der Waals surface area contributed by atoms with Gasteiger partial charge in [-0.25, -0.2) is 4.57 Å². The lowest BCUT2D eigenvalue weighted by atomic mass is 10.1. The van der Waals surface area contributed by atoms with Crippen LogP contribution in [0.4, 0.5) is 0 Å². The normalized spacial score (nSPS) is 15.7. The van der Waals surface area contributed by atoms with Crippen LogP contribution in [0.1, 0.15) is 129 Å². The van der Waals surface area contributed by atoms with Crippen molar-refractivity contribution in [1.29, 1.82) is 0 Å². The Morgan fingerprint density at radius 2 is 1.12 bits per heavy atom. The standard InChI is InChI=1S/C46H74NO12P/c1-3-5-7-9-11-12-13-14-15-16-17-18-19-20-21-23-29-35-44(50)56-37-42(38-57-60(54,55)58-39-43(47)46(52)53)59-45(51)36-30-34-41(49)33-28-25-24-27-32-40(48)31-26-22-10-8-6-4-2/h11-12,14-15,17-18,20-22,24-28,32-33,40-43,48-49H,3-10,13,16,19,23,29-31,34-39,47H2,1-2H3,(H,52,53)(H,54,55)/b12-11-,15-14-,18-17-,21-20-,25-24+,26-22-,32-27+,33-28-/t40-,41-,42+,43-/m0/s1. The number of allylic oxidation sites excluding steroid dienone is 13. The number of hydrogen-bond donors (Lipinski definition) is 5. The van der Waals surface area contributed by atoms with E-state index >= 15 is 0 Å². The van der Waals surface area contributed by atoms with Gasteiger partial charge in [-0.2, -0.15) is 0 Å². The molecule has 0 aromatic rings. The van der Waals surface area contributed by atoms with E-state index in [0.717, 1.165) is 38.5 Å². The lowest BCUT2D eigenvalue weighted by Gasteiger charge is -2.20. The average Bonchev–Trinajstić information content (AvgIpc) is 3.21. The van der Waals surface area contributed by atoms with Crippen LogP contribution < -0.4 is 5.73 Å². The number of carboxylic acid groups (broad SMARTS) is 1. The number of hydrogen-bond acceptors (Lipinski definition) is 11. The lowest BCUT2D eigenvalue weighted by Crippen LogP contribution is -2.34. The van der Waals surface area contributed by atoms with E-state index in [0.29, 0.717) is 19.3 Å². The topological polar surface area (TPSA) is 212 Å². The molecule has 0 aliphatic heterocycles. The summed E-state index contributed by atoms with van der Waals surface area (Å²) in [6.07, 6.45) is 42.5. The van der Waals surface area contributed by atoms with E-state index < -0.39 is 69.9 Å². The van der Waals surface area contributed by atoms with Gasteiger partial charge in [-0.15, -0.1) is 0 Å². The molecule has 14 heteroatoms. The van der Waals surface area contributed by atoms with Crippen molar-refractivity contribution in [1.82, 2.24) is 0 Å². The van der Waals surface area contributed by atoms with Crippen molar-refractivity contribution < 1.29 is 57.7 Å². The molecular formula is C46H74NO12P. The van der Waals surface area contributed by atoms with E-state index in [1.807, 2.05) is 18.2 Å². The minimum absolute atomic E-state index is 0.0872. The summed E-state index contributed by atoms with van der Waals surface area (Å²) in [6, 6.07) is -1.57. The fourth-order valence-corrected chi connectivity index (χ4v) is 5.79. The number of esters is 2. The SMILES string of the molecule is CCCCC/C=C\C/C=C\C/C=C\C/C=C\CCCC(=O)OC[C@H](COP(=O)(O)OC[C@H](N)C(=O)O)OC(=O)CCC[C@@H](O)\C=C/C=C/C=C/[C@@H](O)C/C=C\CCCCC. The smallest absolute Gasteiger partial charge is 0.472 e. The molecule has 0 saturated carbocycles. The maximum Gasteiger partial charge on any atom is 0.472 e. The average molecular weight is 864 g/mol. The third kappa shape index (κ3) is 38.5. The van der Waals surface area contributed by atoms with E-state index in [2.05, 4.69) is 60.9 Å². The highest BCUT2D eigenvalue weighted by Crippen LogP contribution is 2.43. The van der Waals surface area contributed by atoms with Gasteiger partial charge in [-0.3, -0.25) is 23.4 Å². The summed E-state index contributed by atoms with van der Waals surface area (Å²) in [5.41, 5.74) is 5.31. The van der Waals surface area contributed by atoms with Gasteiger partial charge in [0, 0.05) is 12.8 Å². The van der Waals surface area contributed by atoms with Gasteiger partial charge in [0.1, 0.15) is 12.6 Å². The molecule has 0 rings (SSSR count). The number of nitrogens with two attached hydrogens (primary N) is 1. The molecular weight excluding hydrogens is 789 g/mol. The molecule has 0 heterocycles. The predicted octanol–water partition coefficient (Wildman–Crippen LogP) is 9.22. The molecule has 60 heavy (non-hydrogen) atoms. The van der Waals surface area contributed by atoms with E-state index in [1.54, 1.807) is 36.5 Å². The van der Waals surface area contributed by atoms with Gasteiger partial charge in [0.05, 0.1) is 25.4 Å². The van der Waals surface area contributed by atoms with Crippen LogP contribution in [0.15, 0.2) is 97.2 Å². The number of aliphatic hydroxyl groups excluding tert-OH is 2. The molecule has 0 fully saturated rings. The zero-order valence-electron chi connectivity index (χ0n) is 36.0. The number of phosphoric ester groups is 1. The van der Waals surface area contributed by atoms with Crippen molar-refractivity contribution in [2.75, 3.05) is 19.8 Å². The fourth-order valence-electron chi connectivity index (χ4n) is 5.01. The van der Waals surface area contributed by atoms with Crippen LogP contribution in [0, 0.1) is 0 Å². The van der Waals surface area contributed by atoms with Gasteiger partial charge in [-0.05, 0) is 77.0 Å². The first kappa shape index (κ1) is 56.3. The minimum atomic E-state index is -4.80. The third-order valence-corrected chi connectivity index (χ3v) is 9.45. The Labute approximate surface area is 359 Å². The molecule has 0 aromatic carbocycles. The van der Waals surface area contributed by atoms with Crippen molar-refractivity contribution in [2.24, 2.45) is 5.73 Å². The Morgan fingerprint density at radius 1 is 0.617 bits per heavy atom. The molecule has 0 bridgehead atoms. The molecule has 0 radical (unpaired) electrons. The highest BCUT2D eigenvalue weighted by molar-refractivity contribution is 7.47. The number of carboxylic acids is 1. The molecule has 13 nitrogen and oxygen atoms in total. The van der Waals surface area contributed by atoms with Crippen molar-refractivity contribution in [2.45, 2.75) is 154 Å². The first-order valence-electron chi connectivity index (χ1n) is 21.5. The summed E-state index contributed by atoms with van der Waals surface area (Å²) < 4.78 is 32.4. The second-order valence-electron chi connectivity index (χ2n) is 14.2. The molecule has 0 saturated heterocycles. The van der Waals surface area contributed by atoms with Crippen LogP contribution >= 0.6 is 7.82 Å². The number of ether oxygens (including phenoxy) is 2. The Morgan fingerprint density at radius 3 is 1.68 bits per heavy atom. The first-order valence-corrected chi connectivity index (χ1v) is 23.0. The molecule has 1 unspecified atom stereocenters. The second-order valence-corrected chi connectivity index (χ2v) is 15.6. The molecule has 0 aromatic heterocycles. The van der Waals surface area contributed by atoms with E-state index in [1.165, 1.54) is 32.1 Å². The number of phosphoric acid groups is 1. The van der Waals surface area contributed by atoms with Crippen molar-refractivity contribution in [3.63, 3.8) is 0 Å². The highest BCUT2D eigenvalue weighted by Gasteiger charge is 2.28. The van der Waals surface area contributed by atoms with Gasteiger partial charge < -0.3 is 35.4 Å². The predicted molar refractivity (Wildman–Crippen MR) is 238 cm³/mol. The summed E-state index contributed by atoms with van der Waals surface area (Å²) in [5.74, 6) is -2.74. The van der Waals surface area contributed by atoms with Crippen LogP contribution in [-0.2, 0) is 37.5 Å².